The van der Waals surface area contributed by atoms with Crippen LogP contribution in [0, 0.1) is 5.92 Å². The van der Waals surface area contributed by atoms with E-state index < -0.39 is 0 Å². The number of nitrogens with zero attached hydrogens (tertiary/aromatic N) is 1. The van der Waals surface area contributed by atoms with Gasteiger partial charge < -0.3 is 19.9 Å². The van der Waals surface area contributed by atoms with E-state index in [2.05, 4.69) is 4.90 Å². The van der Waals surface area contributed by atoms with Crippen molar-refractivity contribution in [3.8, 4) is 0 Å². The first-order valence-corrected chi connectivity index (χ1v) is 6.71. The predicted octanol–water partition coefficient (Wildman–Crippen LogP) is 0.0859. The second-order valence-electron chi connectivity index (χ2n) is 5.47. The molecule has 2 rings (SSSR count). The molecular weight excluding hydrogens is 232 g/mol. The minimum atomic E-state index is -0.0290. The van der Waals surface area contributed by atoms with E-state index in [1.807, 2.05) is 0 Å². The van der Waals surface area contributed by atoms with Crippen molar-refractivity contribution in [3.05, 3.63) is 0 Å². The first kappa shape index (κ1) is 14.2. The molecule has 3 unspecified atom stereocenters. The molecule has 1 saturated heterocycles. The van der Waals surface area contributed by atoms with Gasteiger partial charge in [0.1, 0.15) is 0 Å². The van der Waals surface area contributed by atoms with Crippen LogP contribution in [0.2, 0.25) is 0 Å². The van der Waals surface area contributed by atoms with Gasteiger partial charge in [0.2, 0.25) is 0 Å². The van der Waals surface area contributed by atoms with Crippen LogP contribution in [0.1, 0.15) is 12.8 Å². The van der Waals surface area contributed by atoms with Crippen LogP contribution in [0.3, 0.4) is 0 Å². The van der Waals surface area contributed by atoms with Gasteiger partial charge in [0, 0.05) is 41.0 Å². The van der Waals surface area contributed by atoms with Crippen LogP contribution in [-0.2, 0) is 14.2 Å². The van der Waals surface area contributed by atoms with Crippen LogP contribution in [-0.4, -0.2) is 70.2 Å². The largest absolute Gasteiger partial charge is 0.383 e. The molecule has 1 aliphatic carbocycles. The molecule has 106 valence electrons. The molecule has 5 nitrogen and oxygen atoms in total. The molecule has 0 bridgehead atoms. The summed E-state index contributed by atoms with van der Waals surface area (Å²) in [7, 11) is 5.25. The Bertz CT molecular complexity index is 261. The van der Waals surface area contributed by atoms with Gasteiger partial charge in [-0.25, -0.2) is 0 Å². The number of ether oxygens (including phenoxy) is 3. The van der Waals surface area contributed by atoms with E-state index in [0.29, 0.717) is 19.1 Å². The Morgan fingerprint density at radius 1 is 1.11 bits per heavy atom. The second-order valence-corrected chi connectivity index (χ2v) is 5.47. The van der Waals surface area contributed by atoms with Crippen LogP contribution >= 0.6 is 0 Å². The molecule has 2 N–H and O–H groups in total. The molecule has 1 aliphatic heterocycles. The molecule has 0 spiro atoms. The molecule has 0 amide bonds. The molecule has 2 fully saturated rings. The second kappa shape index (κ2) is 5.84. The summed E-state index contributed by atoms with van der Waals surface area (Å²) in [5.41, 5.74) is 6.06. The highest BCUT2D eigenvalue weighted by Gasteiger charge is 2.52. The van der Waals surface area contributed by atoms with E-state index in [4.69, 9.17) is 19.9 Å². The van der Waals surface area contributed by atoms with Crippen LogP contribution < -0.4 is 5.73 Å². The van der Waals surface area contributed by atoms with Crippen molar-refractivity contribution in [2.75, 3.05) is 47.6 Å². The van der Waals surface area contributed by atoms with Crippen molar-refractivity contribution < 1.29 is 14.2 Å². The molecule has 0 aromatic rings. The SMILES string of the molecule is COCC(CN)(C1CC1)N1CC(OC)C(OC)C1. The number of methoxy groups -OCH3 is 3. The fourth-order valence-electron chi connectivity index (χ4n) is 3.25. The van der Waals surface area contributed by atoms with Crippen molar-refractivity contribution in [3.63, 3.8) is 0 Å². The van der Waals surface area contributed by atoms with Gasteiger partial charge in [0.25, 0.3) is 0 Å². The monoisotopic (exact) mass is 258 g/mol. The average molecular weight is 258 g/mol. The Balaban J connectivity index is 2.11. The van der Waals surface area contributed by atoms with Crippen molar-refractivity contribution in [2.24, 2.45) is 11.7 Å². The molecule has 5 heteroatoms. The van der Waals surface area contributed by atoms with E-state index in [-0.39, 0.29) is 17.7 Å². The Morgan fingerprint density at radius 2 is 1.67 bits per heavy atom. The minimum Gasteiger partial charge on any atom is -0.383 e. The summed E-state index contributed by atoms with van der Waals surface area (Å²) in [6.07, 6.45) is 2.78. The van der Waals surface area contributed by atoms with E-state index in [9.17, 15) is 0 Å². The van der Waals surface area contributed by atoms with Gasteiger partial charge in [-0.3, -0.25) is 4.90 Å². The van der Waals surface area contributed by atoms with Gasteiger partial charge in [-0.1, -0.05) is 0 Å². The molecule has 0 aromatic carbocycles. The van der Waals surface area contributed by atoms with Crippen molar-refractivity contribution in [1.82, 2.24) is 4.90 Å². The normalized spacial score (nSPS) is 32.7. The maximum Gasteiger partial charge on any atom is 0.0972 e. The zero-order chi connectivity index (χ0) is 13.2. The standard InChI is InChI=1S/C13H26N2O3/c1-16-9-13(8-14,10-4-5-10)15-6-11(17-2)12(7-15)18-3/h10-12H,4-9,14H2,1-3H3. The number of hydrogen-bond donors (Lipinski definition) is 1. The van der Waals surface area contributed by atoms with Crippen molar-refractivity contribution in [1.29, 1.82) is 0 Å². The van der Waals surface area contributed by atoms with E-state index in [1.54, 1.807) is 21.3 Å². The van der Waals surface area contributed by atoms with E-state index in [0.717, 1.165) is 13.1 Å². The van der Waals surface area contributed by atoms with Crippen LogP contribution in [0.4, 0.5) is 0 Å². The maximum atomic E-state index is 6.09. The summed E-state index contributed by atoms with van der Waals surface area (Å²) >= 11 is 0. The van der Waals surface area contributed by atoms with Gasteiger partial charge in [-0.05, 0) is 18.8 Å². The summed E-state index contributed by atoms with van der Waals surface area (Å²) < 4.78 is 16.5. The van der Waals surface area contributed by atoms with E-state index >= 15 is 0 Å². The minimum absolute atomic E-state index is 0.0290. The summed E-state index contributed by atoms with van der Waals surface area (Å²) in [5, 5.41) is 0. The van der Waals surface area contributed by atoms with Crippen LogP contribution in [0.25, 0.3) is 0 Å². The highest BCUT2D eigenvalue weighted by molar-refractivity contribution is 5.07. The molecule has 0 aromatic heterocycles. The number of rotatable bonds is 7. The number of hydrogen-bond acceptors (Lipinski definition) is 5. The van der Waals surface area contributed by atoms with Crippen LogP contribution in [0.15, 0.2) is 0 Å². The maximum absolute atomic E-state index is 6.09. The van der Waals surface area contributed by atoms with Gasteiger partial charge in [-0.2, -0.15) is 0 Å². The van der Waals surface area contributed by atoms with Crippen LogP contribution in [0.5, 0.6) is 0 Å². The molecule has 1 saturated carbocycles. The zero-order valence-corrected chi connectivity index (χ0v) is 11.7. The van der Waals surface area contributed by atoms with Gasteiger partial charge in [0.05, 0.1) is 24.4 Å². The van der Waals surface area contributed by atoms with Gasteiger partial charge in [-0.15, -0.1) is 0 Å². The lowest BCUT2D eigenvalue weighted by Crippen LogP contribution is -2.58. The third kappa shape index (κ3) is 2.42. The van der Waals surface area contributed by atoms with Gasteiger partial charge >= 0.3 is 0 Å². The molecule has 18 heavy (non-hydrogen) atoms. The predicted molar refractivity (Wildman–Crippen MR) is 69.6 cm³/mol. The topological polar surface area (TPSA) is 57.0 Å². The molecule has 1 heterocycles. The lowest BCUT2D eigenvalue weighted by Gasteiger charge is -2.41. The fraction of sp³-hybridized carbons (Fsp3) is 1.00. The highest BCUT2D eigenvalue weighted by atomic mass is 16.5. The Labute approximate surface area is 110 Å². The molecule has 3 atom stereocenters. The Morgan fingerprint density at radius 3 is 2.00 bits per heavy atom. The summed E-state index contributed by atoms with van der Waals surface area (Å²) in [4.78, 5) is 2.43. The van der Waals surface area contributed by atoms with Crippen molar-refractivity contribution in [2.45, 2.75) is 30.6 Å². The molecule has 0 radical (unpaired) electrons. The third-order valence-corrected chi connectivity index (χ3v) is 4.54. The summed E-state index contributed by atoms with van der Waals surface area (Å²) in [6, 6.07) is 0. The Hall–Kier alpha value is -0.200. The summed E-state index contributed by atoms with van der Waals surface area (Å²) in [5.74, 6) is 0.663. The molecular formula is C13H26N2O3. The van der Waals surface area contributed by atoms with Gasteiger partial charge in [0.15, 0.2) is 0 Å². The quantitative estimate of drug-likeness (QED) is 0.701. The zero-order valence-electron chi connectivity index (χ0n) is 11.7. The third-order valence-electron chi connectivity index (χ3n) is 4.54. The fourth-order valence-corrected chi connectivity index (χ4v) is 3.25. The first-order chi connectivity index (χ1) is 8.71. The van der Waals surface area contributed by atoms with E-state index in [1.165, 1.54) is 12.8 Å². The number of nitrogens with two attached hydrogens (primary N) is 1. The molecule has 2 aliphatic rings. The average Bonchev–Trinajstić information content (AvgIpc) is 3.15. The summed E-state index contributed by atoms with van der Waals surface area (Å²) in [6.45, 7) is 3.09. The number of likely N-dealkylation sites (tertiary alicyclic amines) is 1. The van der Waals surface area contributed by atoms with Crippen molar-refractivity contribution >= 4 is 0 Å². The lowest BCUT2D eigenvalue weighted by molar-refractivity contribution is -0.00461. The Kier molecular flexibility index (Phi) is 4.61. The lowest BCUT2D eigenvalue weighted by atomic mass is 9.92. The first-order valence-electron chi connectivity index (χ1n) is 6.71. The highest BCUT2D eigenvalue weighted by Crippen LogP contribution is 2.44. The smallest absolute Gasteiger partial charge is 0.0972 e.